The third kappa shape index (κ3) is 4.97. The molecule has 0 N–H and O–H groups in total. The van der Waals surface area contributed by atoms with Gasteiger partial charge in [-0.3, -0.25) is 14.4 Å². The number of hydrogen-bond acceptors (Lipinski definition) is 5. The standard InChI is InChI=1S/C12H20O5/c1-8(14)9(12(5,6)16-7-13)10(15)17-11(2,3)4/h7,9H,1-6H3. The van der Waals surface area contributed by atoms with E-state index in [-0.39, 0.29) is 6.47 Å². The quantitative estimate of drug-likeness (QED) is 0.416. The highest BCUT2D eigenvalue weighted by atomic mass is 16.6. The highest BCUT2D eigenvalue weighted by Gasteiger charge is 2.43. The van der Waals surface area contributed by atoms with Crippen LogP contribution in [0.4, 0.5) is 0 Å². The molecule has 0 saturated heterocycles. The van der Waals surface area contributed by atoms with Gasteiger partial charge in [-0.2, -0.15) is 0 Å². The molecule has 17 heavy (non-hydrogen) atoms. The largest absolute Gasteiger partial charge is 0.460 e. The minimum Gasteiger partial charge on any atom is -0.460 e. The van der Waals surface area contributed by atoms with Gasteiger partial charge >= 0.3 is 5.97 Å². The van der Waals surface area contributed by atoms with E-state index in [2.05, 4.69) is 0 Å². The van der Waals surface area contributed by atoms with E-state index in [1.54, 1.807) is 20.8 Å². The van der Waals surface area contributed by atoms with E-state index in [9.17, 15) is 14.4 Å². The summed E-state index contributed by atoms with van der Waals surface area (Å²) in [5, 5.41) is 0. The number of esters is 1. The number of carbonyl (C=O) groups excluding carboxylic acids is 3. The molecular formula is C12H20O5. The maximum Gasteiger partial charge on any atom is 0.321 e. The van der Waals surface area contributed by atoms with Crippen LogP contribution in [0.2, 0.25) is 0 Å². The molecule has 1 unspecified atom stereocenters. The summed E-state index contributed by atoms with van der Waals surface area (Å²) in [5.41, 5.74) is -1.90. The number of hydrogen-bond donors (Lipinski definition) is 0. The minimum atomic E-state index is -1.21. The minimum absolute atomic E-state index is 0.223. The monoisotopic (exact) mass is 244 g/mol. The number of ketones is 1. The Morgan fingerprint density at radius 1 is 1.12 bits per heavy atom. The van der Waals surface area contributed by atoms with Gasteiger partial charge in [0.25, 0.3) is 6.47 Å². The Morgan fingerprint density at radius 3 is 1.88 bits per heavy atom. The van der Waals surface area contributed by atoms with E-state index in [0.717, 1.165) is 0 Å². The molecular weight excluding hydrogens is 224 g/mol. The van der Waals surface area contributed by atoms with E-state index in [1.807, 2.05) is 0 Å². The van der Waals surface area contributed by atoms with Gasteiger partial charge in [0.15, 0.2) is 5.92 Å². The zero-order valence-electron chi connectivity index (χ0n) is 11.2. The first-order valence-electron chi connectivity index (χ1n) is 5.36. The van der Waals surface area contributed by atoms with E-state index in [4.69, 9.17) is 9.47 Å². The van der Waals surface area contributed by atoms with Crippen molar-refractivity contribution in [2.45, 2.75) is 52.7 Å². The van der Waals surface area contributed by atoms with Gasteiger partial charge < -0.3 is 9.47 Å². The van der Waals surface area contributed by atoms with Crippen LogP contribution >= 0.6 is 0 Å². The molecule has 0 fully saturated rings. The summed E-state index contributed by atoms with van der Waals surface area (Å²) in [5.74, 6) is -2.20. The predicted molar refractivity (Wildman–Crippen MR) is 61.2 cm³/mol. The van der Waals surface area contributed by atoms with Crippen molar-refractivity contribution in [2.75, 3.05) is 0 Å². The fourth-order valence-electron chi connectivity index (χ4n) is 1.49. The van der Waals surface area contributed by atoms with Gasteiger partial charge in [0.05, 0.1) is 0 Å². The Balaban J connectivity index is 5.05. The van der Waals surface area contributed by atoms with Gasteiger partial charge in [-0.1, -0.05) is 0 Å². The topological polar surface area (TPSA) is 69.7 Å². The lowest BCUT2D eigenvalue weighted by atomic mass is 9.87. The van der Waals surface area contributed by atoms with Crippen LogP contribution in [-0.2, 0) is 23.9 Å². The molecule has 0 aromatic carbocycles. The smallest absolute Gasteiger partial charge is 0.321 e. The molecule has 0 aliphatic carbocycles. The third-order valence-corrected chi connectivity index (χ3v) is 2.10. The molecule has 0 aromatic heterocycles. The maximum atomic E-state index is 11.9. The third-order valence-electron chi connectivity index (χ3n) is 2.10. The van der Waals surface area contributed by atoms with Crippen LogP contribution in [0.25, 0.3) is 0 Å². The van der Waals surface area contributed by atoms with E-state index < -0.39 is 28.9 Å². The van der Waals surface area contributed by atoms with E-state index in [1.165, 1.54) is 20.8 Å². The molecule has 0 amide bonds. The molecule has 5 nitrogen and oxygen atoms in total. The van der Waals surface area contributed by atoms with E-state index >= 15 is 0 Å². The molecule has 0 aromatic rings. The maximum absolute atomic E-state index is 11.9. The van der Waals surface area contributed by atoms with Crippen LogP contribution in [0.15, 0.2) is 0 Å². The van der Waals surface area contributed by atoms with Gasteiger partial charge in [0.1, 0.15) is 17.0 Å². The summed E-state index contributed by atoms with van der Waals surface area (Å²) >= 11 is 0. The van der Waals surface area contributed by atoms with Crippen LogP contribution < -0.4 is 0 Å². The second-order valence-corrected chi connectivity index (χ2v) is 5.39. The van der Waals surface area contributed by atoms with Crippen molar-refractivity contribution in [3.8, 4) is 0 Å². The highest BCUT2D eigenvalue weighted by molar-refractivity contribution is 5.99. The van der Waals surface area contributed by atoms with Crippen molar-refractivity contribution in [1.29, 1.82) is 0 Å². The average Bonchev–Trinajstić information content (AvgIpc) is 1.96. The Labute approximate surface area is 101 Å². The van der Waals surface area contributed by atoms with Crippen LogP contribution in [0, 0.1) is 5.92 Å². The molecule has 0 aliphatic heterocycles. The number of rotatable bonds is 5. The molecule has 0 aliphatic rings. The highest BCUT2D eigenvalue weighted by Crippen LogP contribution is 2.25. The lowest BCUT2D eigenvalue weighted by molar-refractivity contribution is -0.174. The summed E-state index contributed by atoms with van der Waals surface area (Å²) < 4.78 is 9.92. The fourth-order valence-corrected chi connectivity index (χ4v) is 1.49. The summed E-state index contributed by atoms with van der Waals surface area (Å²) in [6, 6.07) is 0. The lowest BCUT2D eigenvalue weighted by Gasteiger charge is -2.31. The first-order chi connectivity index (χ1) is 7.51. The predicted octanol–water partition coefficient (Wildman–Crippen LogP) is 1.48. The van der Waals surface area contributed by atoms with Crippen molar-refractivity contribution in [2.24, 2.45) is 5.92 Å². The first kappa shape index (κ1) is 15.6. The number of Topliss-reactive ketones (excluding diaryl/α,β-unsaturated/α-hetero) is 1. The van der Waals surface area contributed by atoms with Crippen molar-refractivity contribution in [3.63, 3.8) is 0 Å². The zero-order chi connectivity index (χ0) is 13.9. The Bertz CT molecular complexity index is 311. The molecule has 5 heteroatoms. The summed E-state index contributed by atoms with van der Waals surface area (Å²) in [6.45, 7) is 9.60. The number of carbonyl (C=O) groups is 3. The lowest BCUT2D eigenvalue weighted by Crippen LogP contribution is -2.46. The Hall–Kier alpha value is -1.39. The van der Waals surface area contributed by atoms with Gasteiger partial charge in [-0.15, -0.1) is 0 Å². The first-order valence-corrected chi connectivity index (χ1v) is 5.36. The Morgan fingerprint density at radius 2 is 1.59 bits per heavy atom. The molecule has 0 rings (SSSR count). The van der Waals surface area contributed by atoms with Crippen LogP contribution in [-0.4, -0.2) is 29.4 Å². The molecule has 0 saturated carbocycles. The van der Waals surface area contributed by atoms with Gasteiger partial charge in [0.2, 0.25) is 0 Å². The van der Waals surface area contributed by atoms with Crippen molar-refractivity contribution < 1.29 is 23.9 Å². The molecule has 98 valence electrons. The molecule has 0 spiro atoms. The molecule has 0 radical (unpaired) electrons. The second kappa shape index (κ2) is 5.29. The summed E-state index contributed by atoms with van der Waals surface area (Å²) in [6.07, 6.45) is 0. The van der Waals surface area contributed by atoms with E-state index in [0.29, 0.717) is 0 Å². The van der Waals surface area contributed by atoms with Gasteiger partial charge in [-0.25, -0.2) is 0 Å². The zero-order valence-corrected chi connectivity index (χ0v) is 11.2. The molecule has 0 heterocycles. The van der Waals surface area contributed by atoms with Crippen LogP contribution in [0.5, 0.6) is 0 Å². The average molecular weight is 244 g/mol. The normalized spacial score (nSPS) is 13.8. The number of ether oxygens (including phenoxy) is 2. The van der Waals surface area contributed by atoms with Crippen molar-refractivity contribution in [1.82, 2.24) is 0 Å². The Kier molecular flexibility index (Phi) is 4.86. The second-order valence-electron chi connectivity index (χ2n) is 5.39. The SMILES string of the molecule is CC(=O)C(C(=O)OC(C)(C)C)C(C)(C)OC=O. The van der Waals surface area contributed by atoms with Gasteiger partial charge in [-0.05, 0) is 41.5 Å². The summed E-state index contributed by atoms with van der Waals surface area (Å²) in [4.78, 5) is 33.7. The van der Waals surface area contributed by atoms with Crippen molar-refractivity contribution >= 4 is 18.2 Å². The van der Waals surface area contributed by atoms with Gasteiger partial charge in [0, 0.05) is 0 Å². The van der Waals surface area contributed by atoms with Crippen LogP contribution in [0.1, 0.15) is 41.5 Å². The fraction of sp³-hybridized carbons (Fsp3) is 0.750. The molecule has 1 atom stereocenters. The summed E-state index contributed by atoms with van der Waals surface area (Å²) in [7, 11) is 0. The van der Waals surface area contributed by atoms with Crippen molar-refractivity contribution in [3.05, 3.63) is 0 Å². The van der Waals surface area contributed by atoms with Crippen LogP contribution in [0.3, 0.4) is 0 Å². The molecule has 0 bridgehead atoms.